The van der Waals surface area contributed by atoms with Gasteiger partial charge in [-0.2, -0.15) is 0 Å². The maximum Gasteiger partial charge on any atom is 0.0623 e. The van der Waals surface area contributed by atoms with Crippen molar-refractivity contribution in [3.8, 4) is 0 Å². The molecule has 0 spiro atoms. The second kappa shape index (κ2) is 1.42. The van der Waals surface area contributed by atoms with Crippen LogP contribution in [0.5, 0.6) is 0 Å². The van der Waals surface area contributed by atoms with Crippen molar-refractivity contribution in [2.45, 2.75) is 35.8 Å². The Kier molecular flexibility index (Phi) is 0.910. The zero-order valence-electron chi connectivity index (χ0n) is 4.89. The van der Waals surface area contributed by atoms with Crippen molar-refractivity contribution in [2.24, 2.45) is 5.73 Å². The monoisotopic (exact) mass is 129 g/mol. The Balaban J connectivity index is 2.19. The molecule has 2 aliphatic rings. The van der Waals surface area contributed by atoms with Crippen LogP contribution in [0.1, 0.15) is 25.7 Å². The van der Waals surface area contributed by atoms with Gasteiger partial charge in [0.1, 0.15) is 0 Å². The van der Waals surface area contributed by atoms with Crippen LogP contribution in [0.2, 0.25) is 0 Å². The molecule has 0 aromatic rings. The summed E-state index contributed by atoms with van der Waals surface area (Å²) in [7, 11) is 0. The van der Waals surface area contributed by atoms with E-state index in [2.05, 4.69) is 0 Å². The van der Waals surface area contributed by atoms with Gasteiger partial charge < -0.3 is 5.73 Å². The van der Waals surface area contributed by atoms with Crippen LogP contribution in [0, 0.1) is 0 Å². The third-order valence-electron chi connectivity index (χ3n) is 2.18. The summed E-state index contributed by atoms with van der Waals surface area (Å²) in [6.45, 7) is 0. The van der Waals surface area contributed by atoms with Crippen molar-refractivity contribution >= 4 is 11.8 Å². The SMILES string of the molecule is NC12CCC(CC1)S2. The van der Waals surface area contributed by atoms with Crippen molar-refractivity contribution in [3.63, 3.8) is 0 Å². The molecule has 2 bridgehead atoms. The summed E-state index contributed by atoms with van der Waals surface area (Å²) in [6, 6.07) is 0. The molecule has 2 N–H and O–H groups in total. The number of fused-ring (bicyclic) bond motifs is 2. The number of hydrogen-bond acceptors (Lipinski definition) is 2. The molecule has 2 rings (SSSR count). The van der Waals surface area contributed by atoms with Gasteiger partial charge in [0.25, 0.3) is 0 Å². The van der Waals surface area contributed by atoms with Gasteiger partial charge >= 0.3 is 0 Å². The lowest BCUT2D eigenvalue weighted by molar-refractivity contribution is 0.462. The quantitative estimate of drug-likeness (QED) is 0.534. The number of rotatable bonds is 0. The first-order valence-electron chi connectivity index (χ1n) is 3.25. The maximum absolute atomic E-state index is 5.96. The highest BCUT2D eigenvalue weighted by atomic mass is 32.2. The fourth-order valence-corrected chi connectivity index (χ4v) is 3.25. The largest absolute Gasteiger partial charge is 0.317 e. The van der Waals surface area contributed by atoms with E-state index in [1.54, 1.807) is 0 Å². The average Bonchev–Trinajstić information content (AvgIpc) is 2.21. The molecular weight excluding hydrogens is 118 g/mol. The molecule has 2 aliphatic heterocycles. The lowest BCUT2D eigenvalue weighted by Crippen LogP contribution is -2.30. The molecule has 0 aliphatic carbocycles. The molecule has 2 heterocycles. The van der Waals surface area contributed by atoms with Gasteiger partial charge in [0, 0.05) is 5.25 Å². The van der Waals surface area contributed by atoms with E-state index in [0.717, 1.165) is 5.25 Å². The van der Waals surface area contributed by atoms with E-state index >= 15 is 0 Å². The fraction of sp³-hybridized carbons (Fsp3) is 1.00. The maximum atomic E-state index is 5.96. The smallest absolute Gasteiger partial charge is 0.0623 e. The molecule has 2 fully saturated rings. The van der Waals surface area contributed by atoms with Gasteiger partial charge in [-0.3, -0.25) is 0 Å². The van der Waals surface area contributed by atoms with Gasteiger partial charge in [-0.15, -0.1) is 11.8 Å². The topological polar surface area (TPSA) is 26.0 Å². The zero-order valence-corrected chi connectivity index (χ0v) is 5.71. The minimum Gasteiger partial charge on any atom is -0.317 e. The zero-order chi connectivity index (χ0) is 5.61. The van der Waals surface area contributed by atoms with E-state index in [4.69, 9.17) is 5.73 Å². The Morgan fingerprint density at radius 1 is 1.38 bits per heavy atom. The van der Waals surface area contributed by atoms with Crippen molar-refractivity contribution in [1.82, 2.24) is 0 Å². The molecule has 0 saturated carbocycles. The molecule has 46 valence electrons. The molecule has 0 aromatic heterocycles. The molecular formula is C6H11NS. The fourth-order valence-electron chi connectivity index (χ4n) is 1.65. The van der Waals surface area contributed by atoms with Crippen LogP contribution in [-0.2, 0) is 0 Å². The molecule has 2 heteroatoms. The van der Waals surface area contributed by atoms with E-state index in [1.165, 1.54) is 25.7 Å². The summed E-state index contributed by atoms with van der Waals surface area (Å²) < 4.78 is 0. The minimum absolute atomic E-state index is 0.227. The summed E-state index contributed by atoms with van der Waals surface area (Å²) in [5.74, 6) is 0. The van der Waals surface area contributed by atoms with Gasteiger partial charge in [-0.1, -0.05) is 0 Å². The van der Waals surface area contributed by atoms with Crippen LogP contribution < -0.4 is 5.73 Å². The van der Waals surface area contributed by atoms with Crippen molar-refractivity contribution < 1.29 is 0 Å². The molecule has 0 unspecified atom stereocenters. The third kappa shape index (κ3) is 0.594. The average molecular weight is 129 g/mol. The standard InChI is InChI=1S/C6H11NS/c7-6-3-1-5(8-6)2-4-6/h5H,1-4,7H2. The number of thioether (sulfide) groups is 1. The third-order valence-corrected chi connectivity index (χ3v) is 3.86. The highest BCUT2D eigenvalue weighted by Crippen LogP contribution is 2.50. The lowest BCUT2D eigenvalue weighted by atomic mass is 9.97. The van der Waals surface area contributed by atoms with Crippen LogP contribution in [0.3, 0.4) is 0 Å². The number of nitrogens with two attached hydrogens (primary N) is 1. The minimum atomic E-state index is 0.227. The predicted octanol–water partition coefficient (Wildman–Crippen LogP) is 1.33. The second-order valence-corrected chi connectivity index (χ2v) is 4.60. The summed E-state index contributed by atoms with van der Waals surface area (Å²) in [5.41, 5.74) is 5.96. The normalized spacial score (nSPS) is 52.9. The first kappa shape index (κ1) is 5.12. The Hall–Kier alpha value is 0.310. The van der Waals surface area contributed by atoms with E-state index in [-0.39, 0.29) is 4.87 Å². The lowest BCUT2D eigenvalue weighted by Gasteiger charge is -2.17. The van der Waals surface area contributed by atoms with Crippen LogP contribution in [0.4, 0.5) is 0 Å². The van der Waals surface area contributed by atoms with Crippen LogP contribution >= 0.6 is 11.8 Å². The summed E-state index contributed by atoms with van der Waals surface area (Å²) in [4.78, 5) is 0.227. The highest BCUT2D eigenvalue weighted by molar-refractivity contribution is 8.01. The number of hydrogen-bond donors (Lipinski definition) is 1. The van der Waals surface area contributed by atoms with Gasteiger partial charge in [0.05, 0.1) is 4.87 Å². The molecule has 8 heavy (non-hydrogen) atoms. The van der Waals surface area contributed by atoms with E-state index < -0.39 is 0 Å². The van der Waals surface area contributed by atoms with Crippen LogP contribution in [0.25, 0.3) is 0 Å². The van der Waals surface area contributed by atoms with E-state index in [9.17, 15) is 0 Å². The van der Waals surface area contributed by atoms with Crippen LogP contribution in [0.15, 0.2) is 0 Å². The van der Waals surface area contributed by atoms with Gasteiger partial charge in [-0.25, -0.2) is 0 Å². The summed E-state index contributed by atoms with van der Waals surface area (Å²) >= 11 is 2.01. The predicted molar refractivity (Wildman–Crippen MR) is 36.8 cm³/mol. The Morgan fingerprint density at radius 3 is 2.12 bits per heavy atom. The molecule has 0 atom stereocenters. The Bertz CT molecular complexity index is 105. The van der Waals surface area contributed by atoms with E-state index in [1.807, 2.05) is 11.8 Å². The van der Waals surface area contributed by atoms with Gasteiger partial charge in [0.15, 0.2) is 0 Å². The first-order chi connectivity index (χ1) is 3.79. The Labute approximate surface area is 54.0 Å². The molecule has 0 aromatic carbocycles. The van der Waals surface area contributed by atoms with Gasteiger partial charge in [0.2, 0.25) is 0 Å². The van der Waals surface area contributed by atoms with Crippen LogP contribution in [-0.4, -0.2) is 10.1 Å². The highest BCUT2D eigenvalue weighted by Gasteiger charge is 2.42. The molecule has 0 amide bonds. The first-order valence-corrected chi connectivity index (χ1v) is 4.13. The summed E-state index contributed by atoms with van der Waals surface area (Å²) in [6.07, 6.45) is 5.28. The van der Waals surface area contributed by atoms with Crippen molar-refractivity contribution in [1.29, 1.82) is 0 Å². The van der Waals surface area contributed by atoms with E-state index in [0.29, 0.717) is 0 Å². The van der Waals surface area contributed by atoms with Crippen molar-refractivity contribution in [3.05, 3.63) is 0 Å². The van der Waals surface area contributed by atoms with Crippen molar-refractivity contribution in [2.75, 3.05) is 0 Å². The summed E-state index contributed by atoms with van der Waals surface area (Å²) in [5, 5.41) is 0.931. The second-order valence-electron chi connectivity index (χ2n) is 2.88. The molecule has 2 saturated heterocycles. The molecule has 1 nitrogen and oxygen atoms in total. The Morgan fingerprint density at radius 2 is 2.00 bits per heavy atom. The van der Waals surface area contributed by atoms with Gasteiger partial charge in [-0.05, 0) is 25.7 Å². The molecule has 0 radical (unpaired) electrons.